The Morgan fingerprint density at radius 3 is 2.77 bits per heavy atom. The van der Waals surface area contributed by atoms with Crippen LogP contribution in [0.1, 0.15) is 47.8 Å². The van der Waals surface area contributed by atoms with Crippen molar-refractivity contribution in [3.8, 4) is 6.01 Å². The third-order valence-corrected chi connectivity index (χ3v) is 5.21. The second-order valence-electron chi connectivity index (χ2n) is 7.41. The minimum Gasteiger partial charge on any atom is -0.481 e. The zero-order chi connectivity index (χ0) is 20.9. The summed E-state index contributed by atoms with van der Waals surface area (Å²) in [7, 11) is 0. The molecule has 0 saturated carbocycles. The fourth-order valence-electron chi connectivity index (χ4n) is 3.68. The lowest BCUT2D eigenvalue weighted by Gasteiger charge is -2.17. The molecule has 1 aliphatic rings. The SMILES string of the molecule is O=C(O)CC(c1cnc(O)nc1)n1ccc(CCCc2ccc3c(n2)NCCC3)n1. The average Bonchev–Trinajstić information content (AvgIpc) is 3.21. The van der Waals surface area contributed by atoms with Crippen LogP contribution >= 0.6 is 0 Å². The van der Waals surface area contributed by atoms with E-state index in [-0.39, 0.29) is 12.4 Å². The van der Waals surface area contributed by atoms with Crippen LogP contribution < -0.4 is 5.32 Å². The number of carboxylic acid groups (broad SMARTS) is 1. The summed E-state index contributed by atoms with van der Waals surface area (Å²) in [6, 6.07) is 5.27. The smallest absolute Gasteiger partial charge is 0.313 e. The largest absolute Gasteiger partial charge is 0.481 e. The highest BCUT2D eigenvalue weighted by molar-refractivity contribution is 5.68. The zero-order valence-corrected chi connectivity index (χ0v) is 16.5. The fourth-order valence-corrected chi connectivity index (χ4v) is 3.68. The molecule has 0 fully saturated rings. The van der Waals surface area contributed by atoms with Gasteiger partial charge in [-0.2, -0.15) is 5.10 Å². The molecule has 9 heteroatoms. The van der Waals surface area contributed by atoms with Crippen molar-refractivity contribution in [2.45, 2.75) is 44.6 Å². The summed E-state index contributed by atoms with van der Waals surface area (Å²) in [4.78, 5) is 23.5. The Labute approximate surface area is 173 Å². The molecule has 1 atom stereocenters. The van der Waals surface area contributed by atoms with Crippen LogP contribution in [0.3, 0.4) is 0 Å². The van der Waals surface area contributed by atoms with Crippen molar-refractivity contribution in [3.05, 3.63) is 59.3 Å². The number of aryl methyl sites for hydroxylation is 3. The van der Waals surface area contributed by atoms with Gasteiger partial charge in [-0.15, -0.1) is 0 Å². The number of aromatic nitrogens is 5. The number of anilines is 1. The van der Waals surface area contributed by atoms with E-state index < -0.39 is 12.0 Å². The number of aliphatic carboxylic acids is 1. The lowest BCUT2D eigenvalue weighted by Crippen LogP contribution is -2.16. The Bertz CT molecular complexity index is 1020. The molecule has 0 saturated heterocycles. The van der Waals surface area contributed by atoms with E-state index in [1.807, 2.05) is 6.07 Å². The van der Waals surface area contributed by atoms with Gasteiger partial charge in [-0.25, -0.2) is 15.0 Å². The van der Waals surface area contributed by atoms with Crippen LogP contribution in [0, 0.1) is 0 Å². The van der Waals surface area contributed by atoms with Crippen molar-refractivity contribution in [2.75, 3.05) is 11.9 Å². The molecular weight excluding hydrogens is 384 g/mol. The number of fused-ring (bicyclic) bond motifs is 1. The van der Waals surface area contributed by atoms with Gasteiger partial charge >= 0.3 is 12.0 Å². The maximum absolute atomic E-state index is 11.3. The summed E-state index contributed by atoms with van der Waals surface area (Å²) in [6.07, 6.45) is 9.22. The summed E-state index contributed by atoms with van der Waals surface area (Å²) in [5.41, 5.74) is 3.82. The maximum atomic E-state index is 11.3. The number of hydrogen-bond acceptors (Lipinski definition) is 7. The summed E-state index contributed by atoms with van der Waals surface area (Å²) in [5, 5.41) is 26.5. The average molecular weight is 408 g/mol. The summed E-state index contributed by atoms with van der Waals surface area (Å²) in [5.74, 6) is 0.0628. The van der Waals surface area contributed by atoms with Crippen LogP contribution in [-0.4, -0.2) is 47.5 Å². The first kappa shape index (κ1) is 19.8. The lowest BCUT2D eigenvalue weighted by molar-refractivity contribution is -0.137. The molecule has 0 bridgehead atoms. The minimum atomic E-state index is -0.947. The van der Waals surface area contributed by atoms with E-state index in [0.29, 0.717) is 5.56 Å². The van der Waals surface area contributed by atoms with Gasteiger partial charge in [0.05, 0.1) is 18.2 Å². The quantitative estimate of drug-likeness (QED) is 0.519. The summed E-state index contributed by atoms with van der Waals surface area (Å²) >= 11 is 0. The second kappa shape index (κ2) is 8.89. The molecule has 3 aromatic heterocycles. The first-order valence-corrected chi connectivity index (χ1v) is 10.1. The van der Waals surface area contributed by atoms with E-state index in [4.69, 9.17) is 4.98 Å². The number of pyridine rings is 1. The van der Waals surface area contributed by atoms with Crippen LogP contribution in [0.2, 0.25) is 0 Å². The van der Waals surface area contributed by atoms with Crippen molar-refractivity contribution in [1.82, 2.24) is 24.7 Å². The predicted molar refractivity (Wildman–Crippen MR) is 109 cm³/mol. The second-order valence-corrected chi connectivity index (χ2v) is 7.41. The highest BCUT2D eigenvalue weighted by Crippen LogP contribution is 2.22. The van der Waals surface area contributed by atoms with Crippen molar-refractivity contribution in [2.24, 2.45) is 0 Å². The molecule has 4 rings (SSSR count). The van der Waals surface area contributed by atoms with Crippen LogP contribution in [0.4, 0.5) is 5.82 Å². The third-order valence-electron chi connectivity index (χ3n) is 5.21. The number of carboxylic acids is 1. The van der Waals surface area contributed by atoms with E-state index >= 15 is 0 Å². The molecule has 156 valence electrons. The molecule has 0 radical (unpaired) electrons. The Balaban J connectivity index is 1.40. The van der Waals surface area contributed by atoms with Crippen LogP contribution in [0.15, 0.2) is 36.8 Å². The van der Waals surface area contributed by atoms with Crippen molar-refractivity contribution < 1.29 is 15.0 Å². The molecule has 3 N–H and O–H groups in total. The molecular formula is C21H24N6O3. The number of carbonyl (C=O) groups is 1. The summed E-state index contributed by atoms with van der Waals surface area (Å²) in [6.45, 7) is 0.977. The number of rotatable bonds is 8. The normalized spacial score (nSPS) is 14.0. The Hall–Kier alpha value is -3.49. The highest BCUT2D eigenvalue weighted by Gasteiger charge is 2.20. The van der Waals surface area contributed by atoms with Gasteiger partial charge in [-0.1, -0.05) is 6.07 Å². The van der Waals surface area contributed by atoms with Gasteiger partial charge in [0.1, 0.15) is 5.82 Å². The number of hydrogen-bond donors (Lipinski definition) is 3. The first-order valence-electron chi connectivity index (χ1n) is 10.1. The van der Waals surface area contributed by atoms with Gasteiger partial charge < -0.3 is 15.5 Å². The number of aromatic hydroxyl groups is 1. The summed E-state index contributed by atoms with van der Waals surface area (Å²) < 4.78 is 1.63. The topological polar surface area (TPSA) is 126 Å². The molecule has 1 unspecified atom stereocenters. The predicted octanol–water partition coefficient (Wildman–Crippen LogP) is 2.37. The fraction of sp³-hybridized carbons (Fsp3) is 0.381. The third kappa shape index (κ3) is 4.73. The van der Waals surface area contributed by atoms with E-state index in [9.17, 15) is 15.0 Å². The molecule has 3 aromatic rings. The molecule has 0 spiro atoms. The van der Waals surface area contributed by atoms with E-state index in [2.05, 4.69) is 32.5 Å². The molecule has 1 aliphatic heterocycles. The van der Waals surface area contributed by atoms with E-state index in [0.717, 1.165) is 55.9 Å². The Kier molecular flexibility index (Phi) is 5.87. The molecule has 0 aromatic carbocycles. The zero-order valence-electron chi connectivity index (χ0n) is 16.5. The van der Waals surface area contributed by atoms with Crippen LogP contribution in [0.5, 0.6) is 6.01 Å². The van der Waals surface area contributed by atoms with Gasteiger partial charge in [0.25, 0.3) is 0 Å². The minimum absolute atomic E-state index is 0.151. The lowest BCUT2D eigenvalue weighted by atomic mass is 10.1. The molecule has 9 nitrogen and oxygen atoms in total. The van der Waals surface area contributed by atoms with E-state index in [1.165, 1.54) is 18.0 Å². The molecule has 30 heavy (non-hydrogen) atoms. The molecule has 4 heterocycles. The van der Waals surface area contributed by atoms with Gasteiger partial charge in [0, 0.05) is 36.4 Å². The Morgan fingerprint density at radius 2 is 1.97 bits per heavy atom. The van der Waals surface area contributed by atoms with E-state index in [1.54, 1.807) is 10.9 Å². The van der Waals surface area contributed by atoms with Gasteiger partial charge in [0.2, 0.25) is 0 Å². The number of nitrogens with zero attached hydrogens (tertiary/aromatic N) is 5. The van der Waals surface area contributed by atoms with Crippen LogP contribution in [0.25, 0.3) is 0 Å². The van der Waals surface area contributed by atoms with Gasteiger partial charge in [-0.05, 0) is 49.8 Å². The molecule has 0 aliphatic carbocycles. The van der Waals surface area contributed by atoms with Gasteiger partial charge in [-0.3, -0.25) is 9.48 Å². The van der Waals surface area contributed by atoms with Crippen molar-refractivity contribution in [1.29, 1.82) is 0 Å². The maximum Gasteiger partial charge on any atom is 0.313 e. The van der Waals surface area contributed by atoms with Crippen molar-refractivity contribution >= 4 is 11.8 Å². The first-order chi connectivity index (χ1) is 14.6. The van der Waals surface area contributed by atoms with Crippen molar-refractivity contribution in [3.63, 3.8) is 0 Å². The molecule has 0 amide bonds. The highest BCUT2D eigenvalue weighted by atomic mass is 16.4. The number of nitrogens with one attached hydrogen (secondary N) is 1. The van der Waals surface area contributed by atoms with Crippen LogP contribution in [-0.2, 0) is 24.1 Å². The monoisotopic (exact) mass is 408 g/mol. The standard InChI is InChI=1S/C21H24N6O3/c28-19(29)11-18(15-12-23-21(30)24-13-15)27-10-8-17(26-27)5-1-4-16-7-6-14-3-2-9-22-20(14)25-16/h6-8,10,12-13,18H,1-5,9,11H2,(H,22,25)(H,28,29)(H,23,24,30). The van der Waals surface area contributed by atoms with Gasteiger partial charge in [0.15, 0.2) is 0 Å². The Morgan fingerprint density at radius 1 is 1.17 bits per heavy atom.